The second-order valence-electron chi connectivity index (χ2n) is 4.63. The lowest BCUT2D eigenvalue weighted by molar-refractivity contribution is -0.142. The zero-order valence-corrected chi connectivity index (χ0v) is 11.6. The molecule has 2 atom stereocenters. The molecule has 0 radical (unpaired) electrons. The van der Waals surface area contributed by atoms with E-state index >= 15 is 0 Å². The highest BCUT2D eigenvalue weighted by molar-refractivity contribution is 6.33. The molecule has 19 heavy (non-hydrogen) atoms. The second-order valence-corrected chi connectivity index (χ2v) is 5.41. The molecule has 0 spiro atoms. The number of pyridine rings is 1. The Bertz CT molecular complexity index is 515. The monoisotopic (exact) mass is 302 g/mol. The topological polar surface area (TPSA) is 70.5 Å². The van der Waals surface area contributed by atoms with Gasteiger partial charge in [-0.2, -0.15) is 0 Å². The number of rotatable bonds is 2. The Hall–Kier alpha value is -1.33. The molecule has 102 valence electrons. The zero-order valence-electron chi connectivity index (χ0n) is 10.1. The van der Waals surface area contributed by atoms with Gasteiger partial charge in [0.1, 0.15) is 10.3 Å². The van der Waals surface area contributed by atoms with E-state index in [9.17, 15) is 9.59 Å². The van der Waals surface area contributed by atoms with Gasteiger partial charge in [0.25, 0.3) is 5.91 Å². The van der Waals surface area contributed by atoms with Crippen LogP contribution in [0.1, 0.15) is 17.3 Å². The molecule has 1 amide bonds. The molecule has 0 bridgehead atoms. The summed E-state index contributed by atoms with van der Waals surface area (Å²) in [7, 11) is 0. The third-order valence-corrected chi connectivity index (χ3v) is 3.61. The first kappa shape index (κ1) is 14.1. The van der Waals surface area contributed by atoms with Gasteiger partial charge in [-0.1, -0.05) is 30.1 Å². The number of amides is 1. The number of carboxylic acids is 1. The summed E-state index contributed by atoms with van der Waals surface area (Å²) in [5, 5.41) is 9.33. The Morgan fingerprint density at radius 3 is 2.37 bits per heavy atom. The third-order valence-electron chi connectivity index (χ3n) is 3.23. The van der Waals surface area contributed by atoms with Crippen molar-refractivity contribution in [3.63, 3.8) is 0 Å². The predicted octanol–water partition coefficient (Wildman–Crippen LogP) is 2.18. The van der Waals surface area contributed by atoms with Crippen LogP contribution in [0.3, 0.4) is 0 Å². The summed E-state index contributed by atoms with van der Waals surface area (Å²) in [5.41, 5.74) is 0.322. The van der Waals surface area contributed by atoms with E-state index in [4.69, 9.17) is 28.3 Å². The van der Waals surface area contributed by atoms with Crippen LogP contribution in [0.25, 0.3) is 0 Å². The number of nitrogens with zero attached hydrogens (tertiary/aromatic N) is 2. The molecule has 1 aromatic heterocycles. The lowest BCUT2D eigenvalue weighted by Gasteiger charge is -2.16. The van der Waals surface area contributed by atoms with E-state index in [1.165, 1.54) is 17.0 Å². The summed E-state index contributed by atoms with van der Waals surface area (Å²) in [6, 6.07) is 2.85. The van der Waals surface area contributed by atoms with Gasteiger partial charge in [0.2, 0.25) is 0 Å². The Labute approximate surface area is 120 Å². The molecule has 0 aromatic carbocycles. The average molecular weight is 303 g/mol. The molecule has 1 N–H and O–H groups in total. The van der Waals surface area contributed by atoms with Crippen LogP contribution in [0.5, 0.6) is 0 Å². The maximum atomic E-state index is 12.3. The van der Waals surface area contributed by atoms with Crippen LogP contribution in [-0.4, -0.2) is 40.0 Å². The van der Waals surface area contributed by atoms with Crippen molar-refractivity contribution >= 4 is 35.1 Å². The quantitative estimate of drug-likeness (QED) is 0.850. The highest BCUT2D eigenvalue weighted by atomic mass is 35.5. The maximum Gasteiger partial charge on any atom is 0.308 e. The van der Waals surface area contributed by atoms with Crippen molar-refractivity contribution < 1.29 is 14.7 Å². The fourth-order valence-corrected chi connectivity index (χ4v) is 2.69. The van der Waals surface area contributed by atoms with Crippen molar-refractivity contribution in [1.29, 1.82) is 0 Å². The second kappa shape index (κ2) is 5.35. The van der Waals surface area contributed by atoms with Gasteiger partial charge in [0.05, 0.1) is 5.92 Å². The number of aromatic nitrogens is 1. The lowest BCUT2D eigenvalue weighted by atomic mass is 9.99. The van der Waals surface area contributed by atoms with Crippen LogP contribution in [0.2, 0.25) is 10.3 Å². The van der Waals surface area contributed by atoms with E-state index in [1.807, 2.05) is 6.92 Å². The van der Waals surface area contributed by atoms with Gasteiger partial charge in [-0.3, -0.25) is 9.59 Å². The Morgan fingerprint density at radius 1 is 1.32 bits per heavy atom. The van der Waals surface area contributed by atoms with Gasteiger partial charge >= 0.3 is 5.97 Å². The normalized spacial score (nSPS) is 22.6. The molecule has 5 nitrogen and oxygen atoms in total. The van der Waals surface area contributed by atoms with E-state index in [0.29, 0.717) is 12.1 Å². The van der Waals surface area contributed by atoms with Crippen LogP contribution >= 0.6 is 23.2 Å². The van der Waals surface area contributed by atoms with Crippen LogP contribution in [0, 0.1) is 11.8 Å². The van der Waals surface area contributed by atoms with Gasteiger partial charge < -0.3 is 10.0 Å². The summed E-state index contributed by atoms with van der Waals surface area (Å²) in [6.45, 7) is 2.43. The first-order chi connectivity index (χ1) is 8.88. The van der Waals surface area contributed by atoms with E-state index in [-0.39, 0.29) is 28.7 Å². The van der Waals surface area contributed by atoms with Gasteiger partial charge in [-0.05, 0) is 18.1 Å². The van der Waals surface area contributed by atoms with E-state index < -0.39 is 11.9 Å². The minimum atomic E-state index is -0.881. The Kier molecular flexibility index (Phi) is 3.96. The minimum Gasteiger partial charge on any atom is -0.481 e. The van der Waals surface area contributed by atoms with Crippen molar-refractivity contribution in [3.8, 4) is 0 Å². The van der Waals surface area contributed by atoms with Gasteiger partial charge in [-0.15, -0.1) is 0 Å². The Morgan fingerprint density at radius 2 is 1.89 bits per heavy atom. The third kappa shape index (κ3) is 2.98. The van der Waals surface area contributed by atoms with Gasteiger partial charge in [-0.25, -0.2) is 4.98 Å². The molecular formula is C12H12Cl2N2O3. The van der Waals surface area contributed by atoms with Crippen molar-refractivity contribution in [2.45, 2.75) is 6.92 Å². The molecule has 1 aromatic rings. The molecule has 2 rings (SSSR count). The summed E-state index contributed by atoms with van der Waals surface area (Å²) in [4.78, 5) is 28.6. The lowest BCUT2D eigenvalue weighted by Crippen LogP contribution is -2.30. The van der Waals surface area contributed by atoms with Crippen LogP contribution in [0.15, 0.2) is 12.1 Å². The van der Waals surface area contributed by atoms with Crippen LogP contribution in [-0.2, 0) is 4.79 Å². The fourth-order valence-electron chi connectivity index (χ4n) is 2.23. The van der Waals surface area contributed by atoms with E-state index in [1.54, 1.807) is 0 Å². The van der Waals surface area contributed by atoms with Crippen molar-refractivity contribution in [2.24, 2.45) is 11.8 Å². The highest BCUT2D eigenvalue weighted by Gasteiger charge is 2.37. The average Bonchev–Trinajstić information content (AvgIpc) is 2.69. The molecule has 1 aliphatic heterocycles. The number of hydrogen-bond acceptors (Lipinski definition) is 3. The van der Waals surface area contributed by atoms with E-state index in [0.717, 1.165) is 0 Å². The standard InChI is InChI=1S/C12H12Cl2N2O3/c1-6-4-16(5-8(6)12(18)19)11(17)7-2-9(13)15-10(14)3-7/h2-3,6,8H,4-5H2,1H3,(H,18,19). The fraction of sp³-hybridized carbons (Fsp3) is 0.417. The number of carbonyl (C=O) groups excluding carboxylic acids is 1. The summed E-state index contributed by atoms with van der Waals surface area (Å²) < 4.78 is 0. The van der Waals surface area contributed by atoms with Crippen molar-refractivity contribution in [1.82, 2.24) is 9.88 Å². The van der Waals surface area contributed by atoms with Gasteiger partial charge in [0, 0.05) is 18.7 Å². The molecule has 2 unspecified atom stereocenters. The van der Waals surface area contributed by atoms with E-state index in [2.05, 4.69) is 4.98 Å². The van der Waals surface area contributed by atoms with Crippen LogP contribution < -0.4 is 0 Å². The SMILES string of the molecule is CC1CN(C(=O)c2cc(Cl)nc(Cl)c2)CC1C(=O)O. The molecule has 0 saturated carbocycles. The molecule has 0 aliphatic carbocycles. The predicted molar refractivity (Wildman–Crippen MR) is 70.5 cm³/mol. The number of halogens is 2. The maximum absolute atomic E-state index is 12.3. The number of carboxylic acid groups (broad SMARTS) is 1. The van der Waals surface area contributed by atoms with Crippen molar-refractivity contribution in [2.75, 3.05) is 13.1 Å². The van der Waals surface area contributed by atoms with Crippen LogP contribution in [0.4, 0.5) is 0 Å². The summed E-state index contributed by atoms with van der Waals surface area (Å²) in [5.74, 6) is -1.76. The number of carbonyl (C=O) groups is 2. The summed E-state index contributed by atoms with van der Waals surface area (Å²) >= 11 is 11.5. The number of hydrogen-bond donors (Lipinski definition) is 1. The minimum absolute atomic E-state index is 0.0748. The summed E-state index contributed by atoms with van der Waals surface area (Å²) in [6.07, 6.45) is 0. The zero-order chi connectivity index (χ0) is 14.2. The first-order valence-corrected chi connectivity index (χ1v) is 6.49. The smallest absolute Gasteiger partial charge is 0.308 e. The highest BCUT2D eigenvalue weighted by Crippen LogP contribution is 2.25. The molecule has 1 aliphatic rings. The number of likely N-dealkylation sites (tertiary alicyclic amines) is 1. The van der Waals surface area contributed by atoms with Crippen molar-refractivity contribution in [3.05, 3.63) is 28.0 Å². The molecule has 2 heterocycles. The molecule has 1 fully saturated rings. The number of aliphatic carboxylic acids is 1. The van der Waals surface area contributed by atoms with Gasteiger partial charge in [0.15, 0.2) is 0 Å². The largest absolute Gasteiger partial charge is 0.481 e. The molecule has 7 heteroatoms. The molecular weight excluding hydrogens is 291 g/mol. The molecule has 1 saturated heterocycles. The first-order valence-electron chi connectivity index (χ1n) is 5.73. The Balaban J connectivity index is 2.19.